The van der Waals surface area contributed by atoms with Gasteiger partial charge in [0.25, 0.3) is 11.5 Å². The Kier molecular flexibility index (Phi) is 3.22. The van der Waals surface area contributed by atoms with Crippen molar-refractivity contribution in [1.82, 2.24) is 20.5 Å². The van der Waals surface area contributed by atoms with Gasteiger partial charge in [-0.05, 0) is 19.9 Å². The molecule has 0 aromatic carbocycles. The van der Waals surface area contributed by atoms with Crippen LogP contribution in [-0.2, 0) is 6.54 Å². The van der Waals surface area contributed by atoms with Crippen molar-refractivity contribution in [1.29, 1.82) is 0 Å². The molecule has 1 amide bonds. The van der Waals surface area contributed by atoms with Crippen molar-refractivity contribution >= 4 is 5.91 Å². The largest absolute Gasteiger partial charge is 0.444 e. The molecule has 2 N–H and O–H groups in total. The van der Waals surface area contributed by atoms with Gasteiger partial charge in [0.05, 0.1) is 12.2 Å². The van der Waals surface area contributed by atoms with Crippen molar-refractivity contribution in [3.05, 3.63) is 45.5 Å². The zero-order valence-electron chi connectivity index (χ0n) is 9.98. The molecule has 7 heteroatoms. The van der Waals surface area contributed by atoms with Gasteiger partial charge in [0.2, 0.25) is 5.89 Å². The fourth-order valence-corrected chi connectivity index (χ4v) is 1.33. The van der Waals surface area contributed by atoms with Crippen LogP contribution < -0.4 is 10.9 Å². The maximum atomic E-state index is 11.7. The predicted molar refractivity (Wildman–Crippen MR) is 62.0 cm³/mol. The van der Waals surface area contributed by atoms with E-state index in [9.17, 15) is 9.59 Å². The van der Waals surface area contributed by atoms with Crippen molar-refractivity contribution in [2.24, 2.45) is 0 Å². The van der Waals surface area contributed by atoms with E-state index in [-0.39, 0.29) is 17.8 Å². The number of rotatable bonds is 3. The fourth-order valence-electron chi connectivity index (χ4n) is 1.33. The summed E-state index contributed by atoms with van der Waals surface area (Å²) in [4.78, 5) is 26.6. The molecule has 0 bridgehead atoms. The molecule has 2 aromatic heterocycles. The molecule has 0 fully saturated rings. The normalized spacial score (nSPS) is 10.3. The van der Waals surface area contributed by atoms with Gasteiger partial charge in [0, 0.05) is 6.07 Å². The Morgan fingerprint density at radius 2 is 2.22 bits per heavy atom. The van der Waals surface area contributed by atoms with Crippen LogP contribution in [0, 0.1) is 13.8 Å². The molecule has 7 nitrogen and oxygen atoms in total. The number of carbonyl (C=O) groups is 1. The lowest BCUT2D eigenvalue weighted by molar-refractivity contribution is 0.0941. The van der Waals surface area contributed by atoms with Gasteiger partial charge in [-0.15, -0.1) is 0 Å². The first-order valence-corrected chi connectivity index (χ1v) is 5.33. The van der Waals surface area contributed by atoms with Crippen molar-refractivity contribution in [3.63, 3.8) is 0 Å². The number of amides is 1. The Hall–Kier alpha value is -2.44. The Labute approximate surface area is 102 Å². The zero-order valence-corrected chi connectivity index (χ0v) is 9.98. The highest BCUT2D eigenvalue weighted by molar-refractivity contribution is 5.91. The lowest BCUT2D eigenvalue weighted by Gasteiger charge is -2.00. The third kappa shape index (κ3) is 2.62. The predicted octanol–water partition coefficient (Wildman–Crippen LogP) is 0.305. The summed E-state index contributed by atoms with van der Waals surface area (Å²) in [7, 11) is 0. The van der Waals surface area contributed by atoms with Gasteiger partial charge in [0.1, 0.15) is 11.5 Å². The van der Waals surface area contributed by atoms with E-state index in [0.29, 0.717) is 5.89 Å². The molecule has 0 unspecified atom stereocenters. The van der Waals surface area contributed by atoms with Gasteiger partial charge < -0.3 is 9.73 Å². The lowest BCUT2D eigenvalue weighted by Crippen LogP contribution is -2.25. The number of oxazole rings is 1. The van der Waals surface area contributed by atoms with Crippen LogP contribution in [0.3, 0.4) is 0 Å². The summed E-state index contributed by atoms with van der Waals surface area (Å²) < 4.78 is 5.32. The minimum atomic E-state index is -0.403. The second-order valence-electron chi connectivity index (χ2n) is 3.74. The molecule has 0 saturated carbocycles. The van der Waals surface area contributed by atoms with E-state index in [2.05, 4.69) is 20.5 Å². The summed E-state index contributed by atoms with van der Waals surface area (Å²) in [6.07, 6.45) is 0. The number of hydrogen-bond acceptors (Lipinski definition) is 5. The minimum Gasteiger partial charge on any atom is -0.444 e. The molecule has 2 rings (SSSR count). The average Bonchev–Trinajstić information content (AvgIpc) is 2.67. The van der Waals surface area contributed by atoms with E-state index >= 15 is 0 Å². The first-order chi connectivity index (χ1) is 8.56. The monoisotopic (exact) mass is 248 g/mol. The number of aryl methyl sites for hydroxylation is 2. The fraction of sp³-hybridized carbons (Fsp3) is 0.273. The molecule has 2 aromatic rings. The molecule has 0 atom stereocenters. The van der Waals surface area contributed by atoms with Crippen molar-refractivity contribution in [2.75, 3.05) is 0 Å². The summed E-state index contributed by atoms with van der Waals surface area (Å²) in [5.41, 5.74) is 0.571. The van der Waals surface area contributed by atoms with Crippen LogP contribution in [0.25, 0.3) is 0 Å². The molecule has 0 aliphatic carbocycles. The van der Waals surface area contributed by atoms with Crippen LogP contribution in [0.5, 0.6) is 0 Å². The number of nitrogens with zero attached hydrogens (tertiary/aromatic N) is 2. The second kappa shape index (κ2) is 4.82. The first-order valence-electron chi connectivity index (χ1n) is 5.33. The van der Waals surface area contributed by atoms with E-state index < -0.39 is 5.91 Å². The van der Waals surface area contributed by atoms with E-state index in [0.717, 1.165) is 11.5 Å². The van der Waals surface area contributed by atoms with Crippen LogP contribution in [0.2, 0.25) is 0 Å². The topological polar surface area (TPSA) is 101 Å². The number of carbonyl (C=O) groups excluding carboxylic acids is 1. The average molecular weight is 248 g/mol. The summed E-state index contributed by atoms with van der Waals surface area (Å²) in [6, 6.07) is 2.58. The molecule has 2 heterocycles. The number of nitrogens with one attached hydrogen (secondary N) is 2. The number of hydrogen-bond donors (Lipinski definition) is 2. The molecule has 0 aliphatic rings. The number of H-pyrrole nitrogens is 1. The second-order valence-corrected chi connectivity index (χ2v) is 3.74. The van der Waals surface area contributed by atoms with Gasteiger partial charge in [-0.3, -0.25) is 9.59 Å². The maximum Gasteiger partial charge on any atom is 0.272 e. The summed E-state index contributed by atoms with van der Waals surface area (Å²) in [6.45, 7) is 3.80. The molecule has 94 valence electrons. The van der Waals surface area contributed by atoms with Gasteiger partial charge in [0.15, 0.2) is 0 Å². The highest BCUT2D eigenvalue weighted by Crippen LogP contribution is 2.07. The highest BCUT2D eigenvalue weighted by Gasteiger charge is 2.10. The van der Waals surface area contributed by atoms with E-state index in [1.54, 1.807) is 6.92 Å². The van der Waals surface area contributed by atoms with Gasteiger partial charge in [-0.2, -0.15) is 5.10 Å². The van der Waals surface area contributed by atoms with Crippen LogP contribution >= 0.6 is 0 Å². The molecule has 18 heavy (non-hydrogen) atoms. The quantitative estimate of drug-likeness (QED) is 0.813. The lowest BCUT2D eigenvalue weighted by atomic mass is 10.3. The number of aromatic nitrogens is 3. The molecular weight excluding hydrogens is 236 g/mol. The van der Waals surface area contributed by atoms with E-state index in [4.69, 9.17) is 4.42 Å². The van der Waals surface area contributed by atoms with E-state index in [1.807, 2.05) is 6.92 Å². The van der Waals surface area contributed by atoms with Crippen LogP contribution in [-0.4, -0.2) is 21.1 Å². The Balaban J connectivity index is 2.00. The Morgan fingerprint density at radius 3 is 2.78 bits per heavy atom. The molecule has 0 radical (unpaired) electrons. The molecule has 0 saturated heterocycles. The summed E-state index contributed by atoms with van der Waals surface area (Å²) >= 11 is 0. The van der Waals surface area contributed by atoms with Crippen molar-refractivity contribution in [2.45, 2.75) is 20.4 Å². The summed E-state index contributed by atoms with van der Waals surface area (Å²) in [5.74, 6) is 0.754. The standard InChI is InChI=1S/C11H12N4O3/c1-6-7(2)18-10(13-6)5-12-11(17)8-3-4-9(16)15-14-8/h3-4H,5H2,1-2H3,(H,12,17)(H,15,16). The highest BCUT2D eigenvalue weighted by atomic mass is 16.4. The summed E-state index contributed by atoms with van der Waals surface area (Å²) in [5, 5.41) is 8.39. The van der Waals surface area contributed by atoms with Crippen molar-refractivity contribution < 1.29 is 9.21 Å². The van der Waals surface area contributed by atoms with Gasteiger partial charge in [-0.25, -0.2) is 10.1 Å². The third-order valence-electron chi connectivity index (χ3n) is 2.38. The molecular formula is C11H12N4O3. The zero-order chi connectivity index (χ0) is 13.1. The first kappa shape index (κ1) is 12.0. The van der Waals surface area contributed by atoms with Crippen LogP contribution in [0.15, 0.2) is 21.3 Å². The minimum absolute atomic E-state index is 0.134. The Morgan fingerprint density at radius 1 is 1.44 bits per heavy atom. The molecule has 0 aliphatic heterocycles. The van der Waals surface area contributed by atoms with Gasteiger partial charge >= 0.3 is 0 Å². The van der Waals surface area contributed by atoms with Crippen LogP contribution in [0.1, 0.15) is 27.8 Å². The Bertz CT molecular complexity index is 589. The van der Waals surface area contributed by atoms with Gasteiger partial charge in [-0.1, -0.05) is 0 Å². The SMILES string of the molecule is Cc1nc(CNC(=O)c2ccc(=O)[nH]n2)oc1C. The smallest absolute Gasteiger partial charge is 0.272 e. The number of aromatic amines is 1. The third-order valence-corrected chi connectivity index (χ3v) is 2.38. The van der Waals surface area contributed by atoms with Crippen LogP contribution in [0.4, 0.5) is 0 Å². The maximum absolute atomic E-state index is 11.7. The van der Waals surface area contributed by atoms with Crippen molar-refractivity contribution in [3.8, 4) is 0 Å². The van der Waals surface area contributed by atoms with E-state index in [1.165, 1.54) is 12.1 Å². The molecule has 0 spiro atoms.